The Bertz CT molecular complexity index is 439. The first-order valence-electron chi connectivity index (χ1n) is 6.70. The van der Waals surface area contributed by atoms with Crippen molar-refractivity contribution in [3.8, 4) is 0 Å². The van der Waals surface area contributed by atoms with Gasteiger partial charge in [0, 0.05) is 17.3 Å². The molecular weight excluding hydrogens is 228 g/mol. The summed E-state index contributed by atoms with van der Waals surface area (Å²) in [6, 6.07) is 2.01. The number of aliphatic carboxylic acids is 1. The number of carboxylic acids is 1. The average molecular weight is 248 g/mol. The van der Waals surface area contributed by atoms with Crippen LogP contribution in [-0.4, -0.2) is 21.0 Å². The fourth-order valence-corrected chi connectivity index (χ4v) is 2.67. The number of rotatable bonds is 4. The van der Waals surface area contributed by atoms with Crippen molar-refractivity contribution in [3.63, 3.8) is 0 Å². The van der Waals surface area contributed by atoms with E-state index in [1.165, 1.54) is 25.7 Å². The van der Waals surface area contributed by atoms with Gasteiger partial charge in [-0.25, -0.2) is 9.97 Å². The van der Waals surface area contributed by atoms with Gasteiger partial charge in [-0.3, -0.25) is 4.79 Å². The number of hydrogen-bond donors (Lipinski definition) is 1. The van der Waals surface area contributed by atoms with Gasteiger partial charge < -0.3 is 5.11 Å². The molecule has 1 unspecified atom stereocenters. The summed E-state index contributed by atoms with van der Waals surface area (Å²) in [7, 11) is 0. The first-order valence-corrected chi connectivity index (χ1v) is 6.70. The highest BCUT2D eigenvalue weighted by Gasteiger charge is 2.24. The van der Waals surface area contributed by atoms with Crippen LogP contribution in [-0.2, 0) is 4.79 Å². The highest BCUT2D eigenvalue weighted by atomic mass is 16.4. The number of nitrogens with zero attached hydrogens (tertiary/aromatic N) is 2. The molecule has 0 spiro atoms. The van der Waals surface area contributed by atoms with Crippen LogP contribution in [0.5, 0.6) is 0 Å². The molecule has 1 aromatic rings. The van der Waals surface area contributed by atoms with E-state index in [-0.39, 0.29) is 0 Å². The number of carbonyl (C=O) groups is 1. The Morgan fingerprint density at radius 2 is 2.11 bits per heavy atom. The van der Waals surface area contributed by atoms with Crippen LogP contribution in [0.2, 0.25) is 0 Å². The molecule has 4 heteroatoms. The number of aromatic nitrogens is 2. The first kappa shape index (κ1) is 13.0. The second-order valence-corrected chi connectivity index (χ2v) is 5.07. The SMILES string of the molecule is CCC(C(=O)O)c1nc(C)cc(C2CCCC2)n1. The van der Waals surface area contributed by atoms with Crippen LogP contribution in [0.15, 0.2) is 6.07 Å². The van der Waals surface area contributed by atoms with Crippen LogP contribution in [0.1, 0.15) is 68.1 Å². The lowest BCUT2D eigenvalue weighted by Gasteiger charge is -2.14. The minimum absolute atomic E-state index is 0.479. The van der Waals surface area contributed by atoms with Gasteiger partial charge in [-0.1, -0.05) is 19.8 Å². The average Bonchev–Trinajstić information content (AvgIpc) is 2.82. The fraction of sp³-hybridized carbons (Fsp3) is 0.643. The lowest BCUT2D eigenvalue weighted by molar-refractivity contribution is -0.139. The number of carboxylic acid groups (broad SMARTS) is 1. The van der Waals surface area contributed by atoms with Crippen molar-refractivity contribution < 1.29 is 9.90 Å². The van der Waals surface area contributed by atoms with E-state index in [1.54, 1.807) is 0 Å². The summed E-state index contributed by atoms with van der Waals surface area (Å²) in [6.45, 7) is 3.78. The molecule has 1 aliphatic rings. The maximum absolute atomic E-state index is 11.2. The minimum Gasteiger partial charge on any atom is -0.481 e. The molecule has 1 fully saturated rings. The van der Waals surface area contributed by atoms with Crippen molar-refractivity contribution in [2.24, 2.45) is 0 Å². The van der Waals surface area contributed by atoms with Gasteiger partial charge in [0.25, 0.3) is 0 Å². The Kier molecular flexibility index (Phi) is 3.94. The second kappa shape index (κ2) is 5.46. The molecule has 2 rings (SSSR count). The molecule has 1 N–H and O–H groups in total. The van der Waals surface area contributed by atoms with E-state index in [9.17, 15) is 9.90 Å². The van der Waals surface area contributed by atoms with Crippen molar-refractivity contribution in [2.45, 2.75) is 57.8 Å². The molecule has 0 aliphatic heterocycles. The Morgan fingerprint density at radius 1 is 1.44 bits per heavy atom. The quantitative estimate of drug-likeness (QED) is 0.889. The Morgan fingerprint density at radius 3 is 2.67 bits per heavy atom. The summed E-state index contributed by atoms with van der Waals surface area (Å²) in [6.07, 6.45) is 5.36. The second-order valence-electron chi connectivity index (χ2n) is 5.07. The highest BCUT2D eigenvalue weighted by molar-refractivity contribution is 5.74. The van der Waals surface area contributed by atoms with Crippen LogP contribution < -0.4 is 0 Å². The summed E-state index contributed by atoms with van der Waals surface area (Å²) < 4.78 is 0. The van der Waals surface area contributed by atoms with Gasteiger partial charge in [-0.2, -0.15) is 0 Å². The third kappa shape index (κ3) is 2.68. The van der Waals surface area contributed by atoms with Gasteiger partial charge in [-0.05, 0) is 32.3 Å². The molecule has 0 radical (unpaired) electrons. The van der Waals surface area contributed by atoms with Crippen molar-refractivity contribution in [1.82, 2.24) is 9.97 Å². The zero-order valence-electron chi connectivity index (χ0n) is 11.0. The van der Waals surface area contributed by atoms with Gasteiger partial charge in [0.05, 0.1) is 0 Å². The molecule has 0 bridgehead atoms. The molecule has 98 valence electrons. The Balaban J connectivity index is 2.33. The van der Waals surface area contributed by atoms with Crippen molar-refractivity contribution in [1.29, 1.82) is 0 Å². The molecule has 1 aliphatic carbocycles. The molecule has 18 heavy (non-hydrogen) atoms. The minimum atomic E-state index is -0.833. The molecule has 4 nitrogen and oxygen atoms in total. The molecule has 1 heterocycles. The van der Waals surface area contributed by atoms with E-state index >= 15 is 0 Å². The molecule has 1 atom stereocenters. The Labute approximate surface area is 107 Å². The Hall–Kier alpha value is -1.45. The lowest BCUT2D eigenvalue weighted by Crippen LogP contribution is -2.16. The van der Waals surface area contributed by atoms with Crippen molar-refractivity contribution in [3.05, 3.63) is 23.3 Å². The molecule has 0 amide bonds. The van der Waals surface area contributed by atoms with Crippen LogP contribution in [0.4, 0.5) is 0 Å². The van der Waals surface area contributed by atoms with Crippen molar-refractivity contribution >= 4 is 5.97 Å². The highest BCUT2D eigenvalue weighted by Crippen LogP contribution is 2.33. The summed E-state index contributed by atoms with van der Waals surface area (Å²) in [5.74, 6) is -0.436. The third-order valence-electron chi connectivity index (χ3n) is 3.68. The van der Waals surface area contributed by atoms with Crippen LogP contribution in [0, 0.1) is 6.92 Å². The summed E-state index contributed by atoms with van der Waals surface area (Å²) in [4.78, 5) is 20.0. The van der Waals surface area contributed by atoms with E-state index in [0.29, 0.717) is 18.2 Å². The van der Waals surface area contributed by atoms with Crippen LogP contribution >= 0.6 is 0 Å². The summed E-state index contributed by atoms with van der Waals surface area (Å²) in [5, 5.41) is 9.19. The van der Waals surface area contributed by atoms with Gasteiger partial charge in [-0.15, -0.1) is 0 Å². The standard InChI is InChI=1S/C14H20N2O2/c1-3-11(14(17)18)13-15-9(2)8-12(16-13)10-6-4-5-7-10/h8,10-11H,3-7H2,1-2H3,(H,17,18). The molecule has 1 saturated carbocycles. The predicted octanol–water partition coefficient (Wildman–Crippen LogP) is 3.02. The predicted molar refractivity (Wildman–Crippen MR) is 68.6 cm³/mol. The van der Waals surface area contributed by atoms with Gasteiger partial charge in [0.1, 0.15) is 11.7 Å². The van der Waals surface area contributed by atoms with Crippen LogP contribution in [0.25, 0.3) is 0 Å². The van der Waals surface area contributed by atoms with E-state index in [0.717, 1.165) is 11.4 Å². The third-order valence-corrected chi connectivity index (χ3v) is 3.68. The smallest absolute Gasteiger partial charge is 0.314 e. The maximum Gasteiger partial charge on any atom is 0.314 e. The van der Waals surface area contributed by atoms with E-state index in [2.05, 4.69) is 9.97 Å². The molecular formula is C14H20N2O2. The van der Waals surface area contributed by atoms with Gasteiger partial charge in [0.2, 0.25) is 0 Å². The molecule has 1 aromatic heterocycles. The van der Waals surface area contributed by atoms with Gasteiger partial charge >= 0.3 is 5.97 Å². The van der Waals surface area contributed by atoms with E-state index < -0.39 is 11.9 Å². The zero-order valence-corrected chi connectivity index (χ0v) is 11.0. The largest absolute Gasteiger partial charge is 0.481 e. The molecule has 0 saturated heterocycles. The number of hydrogen-bond acceptors (Lipinski definition) is 3. The van der Waals surface area contributed by atoms with Crippen molar-refractivity contribution in [2.75, 3.05) is 0 Å². The number of aryl methyl sites for hydroxylation is 1. The topological polar surface area (TPSA) is 63.1 Å². The van der Waals surface area contributed by atoms with E-state index in [4.69, 9.17) is 0 Å². The summed E-state index contributed by atoms with van der Waals surface area (Å²) >= 11 is 0. The van der Waals surface area contributed by atoms with Gasteiger partial charge in [0.15, 0.2) is 0 Å². The fourth-order valence-electron chi connectivity index (χ4n) is 2.67. The monoisotopic (exact) mass is 248 g/mol. The zero-order chi connectivity index (χ0) is 13.1. The summed E-state index contributed by atoms with van der Waals surface area (Å²) in [5.41, 5.74) is 1.91. The van der Waals surface area contributed by atoms with Crippen LogP contribution in [0.3, 0.4) is 0 Å². The van der Waals surface area contributed by atoms with E-state index in [1.807, 2.05) is 19.9 Å². The lowest BCUT2D eigenvalue weighted by atomic mass is 10.0. The maximum atomic E-state index is 11.2. The molecule has 0 aromatic carbocycles. The normalized spacial score (nSPS) is 17.9. The first-order chi connectivity index (χ1) is 8.61.